The second kappa shape index (κ2) is 3.48. The van der Waals surface area contributed by atoms with Gasteiger partial charge in [0.1, 0.15) is 18.4 Å². The van der Waals surface area contributed by atoms with Gasteiger partial charge >= 0.3 is 0 Å². The zero-order valence-electron chi connectivity index (χ0n) is 9.50. The largest absolute Gasteiger partial charge is 0.299 e. The van der Waals surface area contributed by atoms with Crippen LogP contribution in [0, 0.1) is 0 Å². The van der Waals surface area contributed by atoms with Gasteiger partial charge in [0.05, 0.1) is 5.41 Å². The lowest BCUT2D eigenvalue weighted by atomic mass is 9.94. The standard InChI is InChI=1S/C12H12N4O/c1-9(17)12(4-5-12)10-2-3-11(14-6-10)16-8-13-7-15-16/h2-3,6-8H,4-5H2,1H3. The molecule has 0 radical (unpaired) electrons. The number of hydrogen-bond acceptors (Lipinski definition) is 4. The van der Waals surface area contributed by atoms with Gasteiger partial charge in [-0.25, -0.2) is 14.6 Å². The lowest BCUT2D eigenvalue weighted by Gasteiger charge is -2.11. The molecule has 1 saturated carbocycles. The van der Waals surface area contributed by atoms with Gasteiger partial charge in [0, 0.05) is 6.20 Å². The Morgan fingerprint density at radius 1 is 1.41 bits per heavy atom. The molecule has 5 heteroatoms. The summed E-state index contributed by atoms with van der Waals surface area (Å²) in [6.45, 7) is 1.65. The quantitative estimate of drug-likeness (QED) is 0.794. The zero-order chi connectivity index (χ0) is 11.9. The maximum Gasteiger partial charge on any atom is 0.155 e. The molecule has 5 nitrogen and oxygen atoms in total. The normalized spacial score (nSPS) is 16.8. The molecule has 1 aliphatic rings. The Hall–Kier alpha value is -2.04. The number of aromatic nitrogens is 4. The average Bonchev–Trinajstić information content (AvgIpc) is 2.98. The molecule has 3 rings (SSSR count). The number of Topliss-reactive ketones (excluding diaryl/α,β-unsaturated/α-hetero) is 1. The minimum Gasteiger partial charge on any atom is -0.299 e. The fourth-order valence-corrected chi connectivity index (χ4v) is 2.10. The van der Waals surface area contributed by atoms with E-state index in [4.69, 9.17) is 0 Å². The Labute approximate surface area is 98.5 Å². The monoisotopic (exact) mass is 228 g/mol. The van der Waals surface area contributed by atoms with Crippen LogP contribution in [0.2, 0.25) is 0 Å². The molecule has 1 aliphatic carbocycles. The van der Waals surface area contributed by atoms with Gasteiger partial charge in [0.15, 0.2) is 5.82 Å². The van der Waals surface area contributed by atoms with E-state index in [1.165, 1.54) is 6.33 Å². The summed E-state index contributed by atoms with van der Waals surface area (Å²) in [6, 6.07) is 3.82. The molecule has 0 unspecified atom stereocenters. The summed E-state index contributed by atoms with van der Waals surface area (Å²) in [5.41, 5.74) is 0.752. The minimum absolute atomic E-state index is 0.229. The fourth-order valence-electron chi connectivity index (χ4n) is 2.10. The Bertz CT molecular complexity index is 540. The third-order valence-corrected chi connectivity index (χ3v) is 3.38. The van der Waals surface area contributed by atoms with Gasteiger partial charge in [-0.3, -0.25) is 4.79 Å². The Kier molecular flexibility index (Phi) is 2.07. The number of carbonyl (C=O) groups is 1. The van der Waals surface area contributed by atoms with E-state index >= 15 is 0 Å². The highest BCUT2D eigenvalue weighted by atomic mass is 16.1. The summed E-state index contributed by atoms with van der Waals surface area (Å²) in [5.74, 6) is 0.943. The van der Waals surface area contributed by atoms with Crippen molar-refractivity contribution in [2.45, 2.75) is 25.2 Å². The van der Waals surface area contributed by atoms with Crippen molar-refractivity contribution in [1.82, 2.24) is 19.7 Å². The van der Waals surface area contributed by atoms with Crippen molar-refractivity contribution >= 4 is 5.78 Å². The van der Waals surface area contributed by atoms with Crippen LogP contribution in [0.5, 0.6) is 0 Å². The second-order valence-electron chi connectivity index (χ2n) is 4.38. The van der Waals surface area contributed by atoms with E-state index < -0.39 is 0 Å². The SMILES string of the molecule is CC(=O)C1(c2ccc(-n3cncn3)nc2)CC1. The first-order chi connectivity index (χ1) is 8.22. The van der Waals surface area contributed by atoms with Crippen molar-refractivity contribution in [2.75, 3.05) is 0 Å². The minimum atomic E-state index is -0.256. The number of carbonyl (C=O) groups excluding carboxylic acids is 1. The van der Waals surface area contributed by atoms with Gasteiger partial charge in [-0.2, -0.15) is 5.10 Å². The maximum absolute atomic E-state index is 11.6. The lowest BCUT2D eigenvalue weighted by molar-refractivity contribution is -0.119. The maximum atomic E-state index is 11.6. The van der Waals surface area contributed by atoms with E-state index in [0.29, 0.717) is 5.82 Å². The third-order valence-electron chi connectivity index (χ3n) is 3.38. The van der Waals surface area contributed by atoms with E-state index in [9.17, 15) is 4.79 Å². The van der Waals surface area contributed by atoms with Crippen LogP contribution >= 0.6 is 0 Å². The number of hydrogen-bond donors (Lipinski definition) is 0. The number of pyridine rings is 1. The van der Waals surface area contributed by atoms with Crippen LogP contribution in [0.4, 0.5) is 0 Å². The van der Waals surface area contributed by atoms with Crippen molar-refractivity contribution in [3.05, 3.63) is 36.5 Å². The first kappa shape index (κ1) is 10.1. The van der Waals surface area contributed by atoms with Gasteiger partial charge in [-0.1, -0.05) is 6.07 Å². The molecule has 17 heavy (non-hydrogen) atoms. The van der Waals surface area contributed by atoms with Crippen molar-refractivity contribution in [3.8, 4) is 5.82 Å². The molecule has 2 heterocycles. The molecule has 1 fully saturated rings. The summed E-state index contributed by atoms with van der Waals surface area (Å²) < 4.78 is 1.59. The van der Waals surface area contributed by atoms with Crippen molar-refractivity contribution in [1.29, 1.82) is 0 Å². The van der Waals surface area contributed by atoms with Crippen LogP contribution in [-0.4, -0.2) is 25.5 Å². The number of nitrogens with zero attached hydrogens (tertiary/aromatic N) is 4. The first-order valence-corrected chi connectivity index (χ1v) is 5.55. The molecule has 0 aromatic carbocycles. The molecule has 0 bridgehead atoms. The van der Waals surface area contributed by atoms with E-state index in [-0.39, 0.29) is 11.2 Å². The summed E-state index contributed by atoms with van der Waals surface area (Å²) in [4.78, 5) is 19.8. The zero-order valence-corrected chi connectivity index (χ0v) is 9.50. The van der Waals surface area contributed by atoms with Gasteiger partial charge < -0.3 is 0 Å². The van der Waals surface area contributed by atoms with E-state index in [2.05, 4.69) is 15.1 Å². The molecule has 0 N–H and O–H groups in total. The predicted molar refractivity (Wildman–Crippen MR) is 60.7 cm³/mol. The molecule has 2 aromatic rings. The van der Waals surface area contributed by atoms with Gasteiger partial charge in [0.25, 0.3) is 0 Å². The average molecular weight is 228 g/mol. The molecule has 0 atom stereocenters. The highest BCUT2D eigenvalue weighted by Gasteiger charge is 2.48. The third kappa shape index (κ3) is 1.54. The molecule has 86 valence electrons. The highest BCUT2D eigenvalue weighted by Crippen LogP contribution is 2.48. The fraction of sp³-hybridized carbons (Fsp3) is 0.333. The van der Waals surface area contributed by atoms with E-state index in [0.717, 1.165) is 18.4 Å². The second-order valence-corrected chi connectivity index (χ2v) is 4.38. The molecule has 0 amide bonds. The summed E-state index contributed by atoms with van der Waals surface area (Å²) in [5, 5.41) is 4.01. The Morgan fingerprint density at radius 3 is 2.71 bits per heavy atom. The Morgan fingerprint density at radius 2 is 2.24 bits per heavy atom. The lowest BCUT2D eigenvalue weighted by Crippen LogP contribution is -2.17. The van der Waals surface area contributed by atoms with Crippen LogP contribution in [0.15, 0.2) is 31.0 Å². The van der Waals surface area contributed by atoms with Gasteiger partial charge in [-0.15, -0.1) is 0 Å². The Balaban J connectivity index is 1.94. The van der Waals surface area contributed by atoms with Gasteiger partial charge in [-0.05, 0) is 31.4 Å². The number of rotatable bonds is 3. The molecule has 0 saturated heterocycles. The molecular weight excluding hydrogens is 216 g/mol. The first-order valence-electron chi connectivity index (χ1n) is 5.55. The number of ketones is 1. The molecular formula is C12H12N4O. The van der Waals surface area contributed by atoms with Crippen LogP contribution in [-0.2, 0) is 10.2 Å². The molecule has 0 spiro atoms. The predicted octanol–water partition coefficient (Wildman–Crippen LogP) is 1.28. The smallest absolute Gasteiger partial charge is 0.155 e. The van der Waals surface area contributed by atoms with E-state index in [1.807, 2.05) is 12.1 Å². The highest BCUT2D eigenvalue weighted by molar-refractivity contribution is 5.91. The van der Waals surface area contributed by atoms with Crippen molar-refractivity contribution < 1.29 is 4.79 Å². The summed E-state index contributed by atoms with van der Waals surface area (Å²) in [7, 11) is 0. The molecule has 2 aromatic heterocycles. The van der Waals surface area contributed by atoms with Crippen LogP contribution in [0.1, 0.15) is 25.3 Å². The van der Waals surface area contributed by atoms with Crippen molar-refractivity contribution in [2.24, 2.45) is 0 Å². The van der Waals surface area contributed by atoms with Crippen LogP contribution in [0.25, 0.3) is 5.82 Å². The van der Waals surface area contributed by atoms with Gasteiger partial charge in [0.2, 0.25) is 0 Å². The van der Waals surface area contributed by atoms with Crippen molar-refractivity contribution in [3.63, 3.8) is 0 Å². The summed E-state index contributed by atoms with van der Waals surface area (Å²) >= 11 is 0. The summed E-state index contributed by atoms with van der Waals surface area (Å²) in [6.07, 6.45) is 6.71. The van der Waals surface area contributed by atoms with E-state index in [1.54, 1.807) is 24.1 Å². The topological polar surface area (TPSA) is 60.7 Å². The van der Waals surface area contributed by atoms with Crippen LogP contribution < -0.4 is 0 Å². The molecule has 0 aliphatic heterocycles. The van der Waals surface area contributed by atoms with Crippen LogP contribution in [0.3, 0.4) is 0 Å².